The SMILES string of the molecule is CC(C)(C)OC(=O)NCCCC[C@@H](NC(=O)OC(C)(C)C)C(=O)ON1C(=O)CCC1=O. The summed E-state index contributed by atoms with van der Waals surface area (Å²) in [4.78, 5) is 64.5. The first-order valence-electron chi connectivity index (χ1n) is 10.2. The van der Waals surface area contributed by atoms with Crippen LogP contribution in [0.5, 0.6) is 0 Å². The molecule has 0 bridgehead atoms. The van der Waals surface area contributed by atoms with Crippen LogP contribution in [0.4, 0.5) is 9.59 Å². The van der Waals surface area contributed by atoms with E-state index in [2.05, 4.69) is 10.6 Å². The van der Waals surface area contributed by atoms with E-state index in [1.54, 1.807) is 41.5 Å². The lowest BCUT2D eigenvalue weighted by Crippen LogP contribution is -2.46. The second kappa shape index (κ2) is 11.0. The number of alkyl carbamates (subject to hydrolysis) is 2. The first-order chi connectivity index (χ1) is 14.2. The van der Waals surface area contributed by atoms with Gasteiger partial charge in [0.05, 0.1) is 0 Å². The number of carbonyl (C=O) groups is 5. The van der Waals surface area contributed by atoms with Crippen LogP contribution in [0.1, 0.15) is 73.6 Å². The van der Waals surface area contributed by atoms with Crippen molar-refractivity contribution < 1.29 is 38.3 Å². The fourth-order valence-electron chi connectivity index (χ4n) is 2.49. The van der Waals surface area contributed by atoms with Gasteiger partial charge in [-0.1, -0.05) is 0 Å². The lowest BCUT2D eigenvalue weighted by atomic mass is 10.1. The summed E-state index contributed by atoms with van der Waals surface area (Å²) < 4.78 is 10.3. The predicted molar refractivity (Wildman–Crippen MR) is 108 cm³/mol. The fraction of sp³-hybridized carbons (Fsp3) is 0.750. The first kappa shape index (κ1) is 26.2. The summed E-state index contributed by atoms with van der Waals surface area (Å²) in [6.45, 7) is 10.6. The molecule has 1 fully saturated rings. The minimum Gasteiger partial charge on any atom is -0.444 e. The lowest BCUT2D eigenvalue weighted by Gasteiger charge is -2.23. The zero-order valence-electron chi connectivity index (χ0n) is 19.0. The Morgan fingerprint density at radius 2 is 1.42 bits per heavy atom. The van der Waals surface area contributed by atoms with Crippen LogP contribution in [0.25, 0.3) is 0 Å². The van der Waals surface area contributed by atoms with Crippen molar-refractivity contribution in [2.75, 3.05) is 6.54 Å². The van der Waals surface area contributed by atoms with E-state index < -0.39 is 47.2 Å². The van der Waals surface area contributed by atoms with Crippen molar-refractivity contribution in [1.82, 2.24) is 15.7 Å². The summed E-state index contributed by atoms with van der Waals surface area (Å²) in [5.74, 6) is -2.18. The van der Waals surface area contributed by atoms with Gasteiger partial charge in [0.2, 0.25) is 0 Å². The van der Waals surface area contributed by atoms with Gasteiger partial charge in [-0.2, -0.15) is 0 Å². The van der Waals surface area contributed by atoms with Crippen LogP contribution in [0.2, 0.25) is 0 Å². The smallest absolute Gasteiger partial charge is 0.408 e. The molecule has 0 aliphatic carbocycles. The minimum atomic E-state index is -1.14. The highest BCUT2D eigenvalue weighted by molar-refractivity contribution is 6.01. The van der Waals surface area contributed by atoms with Crippen LogP contribution >= 0.6 is 0 Å². The molecule has 11 heteroatoms. The van der Waals surface area contributed by atoms with Gasteiger partial charge in [-0.25, -0.2) is 14.4 Å². The number of hydrogen-bond acceptors (Lipinski definition) is 8. The summed E-state index contributed by atoms with van der Waals surface area (Å²) >= 11 is 0. The number of hydrogen-bond donors (Lipinski definition) is 2. The average Bonchev–Trinajstić information content (AvgIpc) is 2.89. The van der Waals surface area contributed by atoms with Crippen molar-refractivity contribution >= 4 is 30.0 Å². The molecule has 1 aliphatic heterocycles. The second-order valence-electron chi connectivity index (χ2n) is 9.12. The van der Waals surface area contributed by atoms with Crippen molar-refractivity contribution in [2.24, 2.45) is 0 Å². The molecule has 1 heterocycles. The number of amides is 4. The van der Waals surface area contributed by atoms with E-state index in [4.69, 9.17) is 14.3 Å². The van der Waals surface area contributed by atoms with Crippen molar-refractivity contribution in [2.45, 2.75) is 90.9 Å². The van der Waals surface area contributed by atoms with Gasteiger partial charge in [-0.3, -0.25) is 9.59 Å². The number of hydroxylamine groups is 2. The normalized spacial score (nSPS) is 15.4. The number of nitrogens with one attached hydrogen (secondary N) is 2. The maximum atomic E-state index is 12.5. The summed E-state index contributed by atoms with van der Waals surface area (Å²) in [6.07, 6.45) is -0.404. The molecule has 0 aromatic heterocycles. The van der Waals surface area contributed by atoms with Gasteiger partial charge in [-0.05, 0) is 60.8 Å². The van der Waals surface area contributed by atoms with Gasteiger partial charge in [0.25, 0.3) is 11.8 Å². The standard InChI is InChI=1S/C20H33N3O8/c1-19(2,3)29-17(27)21-12-8-7-9-13(22-18(28)30-20(4,5)6)16(26)31-23-14(24)10-11-15(23)25/h13H,7-12H2,1-6H3,(H,21,27)(H,22,28)/t13-/m1/s1. The maximum absolute atomic E-state index is 12.5. The third kappa shape index (κ3) is 10.7. The third-order valence-corrected chi connectivity index (χ3v) is 3.75. The summed E-state index contributed by atoms with van der Waals surface area (Å²) in [7, 11) is 0. The Morgan fingerprint density at radius 3 is 1.94 bits per heavy atom. The maximum Gasteiger partial charge on any atom is 0.408 e. The highest BCUT2D eigenvalue weighted by Gasteiger charge is 2.35. The van der Waals surface area contributed by atoms with Crippen molar-refractivity contribution in [1.29, 1.82) is 0 Å². The van der Waals surface area contributed by atoms with Gasteiger partial charge in [0.1, 0.15) is 17.2 Å². The quantitative estimate of drug-likeness (QED) is 0.430. The highest BCUT2D eigenvalue weighted by atomic mass is 16.7. The zero-order valence-corrected chi connectivity index (χ0v) is 19.0. The van der Waals surface area contributed by atoms with Crippen LogP contribution < -0.4 is 10.6 Å². The molecule has 31 heavy (non-hydrogen) atoms. The molecule has 0 radical (unpaired) electrons. The van der Waals surface area contributed by atoms with Gasteiger partial charge in [0, 0.05) is 19.4 Å². The van der Waals surface area contributed by atoms with Crippen LogP contribution in [0.3, 0.4) is 0 Å². The number of carbonyl (C=O) groups excluding carboxylic acids is 5. The van der Waals surface area contributed by atoms with E-state index in [0.29, 0.717) is 24.4 Å². The van der Waals surface area contributed by atoms with Crippen LogP contribution in [0.15, 0.2) is 0 Å². The Morgan fingerprint density at radius 1 is 0.903 bits per heavy atom. The van der Waals surface area contributed by atoms with Crippen LogP contribution in [0, 0.1) is 0 Å². The van der Waals surface area contributed by atoms with Crippen molar-refractivity contribution in [3.63, 3.8) is 0 Å². The molecule has 0 aromatic rings. The summed E-state index contributed by atoms with van der Waals surface area (Å²) in [5, 5.41) is 5.43. The minimum absolute atomic E-state index is 0.0351. The lowest BCUT2D eigenvalue weighted by molar-refractivity contribution is -0.199. The van der Waals surface area contributed by atoms with E-state index in [0.717, 1.165) is 0 Å². The summed E-state index contributed by atoms with van der Waals surface area (Å²) in [5.41, 5.74) is -1.39. The number of imide groups is 1. The van der Waals surface area contributed by atoms with Crippen molar-refractivity contribution in [3.8, 4) is 0 Å². The molecular formula is C20H33N3O8. The molecule has 11 nitrogen and oxygen atoms in total. The van der Waals surface area contributed by atoms with Crippen LogP contribution in [-0.4, -0.2) is 58.8 Å². The molecule has 4 amide bonds. The number of unbranched alkanes of at least 4 members (excludes halogenated alkanes) is 1. The van der Waals surface area contributed by atoms with Gasteiger partial charge < -0.3 is 24.9 Å². The van der Waals surface area contributed by atoms with E-state index in [1.807, 2.05) is 0 Å². The molecule has 1 atom stereocenters. The Bertz CT molecular complexity index is 678. The third-order valence-electron chi connectivity index (χ3n) is 3.75. The molecule has 176 valence electrons. The predicted octanol–water partition coefficient (Wildman–Crippen LogP) is 2.18. The molecule has 2 N–H and O–H groups in total. The van der Waals surface area contributed by atoms with Gasteiger partial charge in [0.15, 0.2) is 0 Å². The monoisotopic (exact) mass is 443 g/mol. The Labute approximate surface area is 182 Å². The Balaban J connectivity index is 2.60. The van der Waals surface area contributed by atoms with Gasteiger partial charge >= 0.3 is 18.2 Å². The molecule has 0 unspecified atom stereocenters. The number of rotatable bonds is 8. The molecule has 0 aromatic carbocycles. The molecule has 1 saturated heterocycles. The number of nitrogens with zero attached hydrogens (tertiary/aromatic N) is 1. The number of ether oxygens (including phenoxy) is 2. The largest absolute Gasteiger partial charge is 0.444 e. The van der Waals surface area contributed by atoms with Crippen LogP contribution in [-0.2, 0) is 28.7 Å². The van der Waals surface area contributed by atoms with E-state index in [-0.39, 0.29) is 19.3 Å². The molecule has 1 rings (SSSR count). The molecular weight excluding hydrogens is 410 g/mol. The average molecular weight is 443 g/mol. The Kier molecular flexibility index (Phi) is 9.26. The molecule has 1 aliphatic rings. The second-order valence-corrected chi connectivity index (χ2v) is 9.12. The van der Waals surface area contributed by atoms with E-state index >= 15 is 0 Å². The summed E-state index contributed by atoms with van der Waals surface area (Å²) in [6, 6.07) is -1.14. The van der Waals surface area contributed by atoms with E-state index in [1.165, 1.54) is 0 Å². The van der Waals surface area contributed by atoms with Crippen molar-refractivity contribution in [3.05, 3.63) is 0 Å². The first-order valence-corrected chi connectivity index (χ1v) is 10.2. The molecule has 0 saturated carbocycles. The fourth-order valence-corrected chi connectivity index (χ4v) is 2.49. The van der Waals surface area contributed by atoms with E-state index in [9.17, 15) is 24.0 Å². The zero-order chi connectivity index (χ0) is 23.8. The molecule has 0 spiro atoms. The highest BCUT2D eigenvalue weighted by Crippen LogP contribution is 2.15. The Hall–Kier alpha value is -2.85. The topological polar surface area (TPSA) is 140 Å². The van der Waals surface area contributed by atoms with Gasteiger partial charge in [-0.15, -0.1) is 5.06 Å².